The molecule has 0 unspecified atom stereocenters. The molecule has 0 fully saturated rings. The zero-order valence-corrected chi connectivity index (χ0v) is 7.07. The van der Waals surface area contributed by atoms with Crippen LogP contribution in [0.15, 0.2) is 18.2 Å². The number of methoxy groups -OCH3 is 1. The first kappa shape index (κ1) is 9.07. The van der Waals surface area contributed by atoms with Crippen LogP contribution in [0.3, 0.4) is 0 Å². The van der Waals surface area contributed by atoms with Gasteiger partial charge in [0.15, 0.2) is 0 Å². The second kappa shape index (κ2) is 3.59. The largest absolute Gasteiger partial charge is 0.496 e. The Bertz CT molecular complexity index is 380. The van der Waals surface area contributed by atoms with Crippen molar-refractivity contribution >= 4 is 5.91 Å². The van der Waals surface area contributed by atoms with E-state index >= 15 is 0 Å². The van der Waals surface area contributed by atoms with Crippen LogP contribution in [0.5, 0.6) is 5.75 Å². The number of rotatable bonds is 2. The van der Waals surface area contributed by atoms with Gasteiger partial charge in [-0.3, -0.25) is 4.79 Å². The van der Waals surface area contributed by atoms with Gasteiger partial charge in [0, 0.05) is 0 Å². The molecule has 1 aromatic rings. The summed E-state index contributed by atoms with van der Waals surface area (Å²) in [7, 11) is 1.42. The molecule has 0 aliphatic rings. The molecule has 0 spiro atoms. The SMILES string of the molecule is COc1cccc(C#N)c1C(N)=O. The third kappa shape index (κ3) is 1.59. The lowest BCUT2D eigenvalue weighted by molar-refractivity contribution is 0.0997. The van der Waals surface area contributed by atoms with Gasteiger partial charge >= 0.3 is 0 Å². The summed E-state index contributed by atoms with van der Waals surface area (Å²) >= 11 is 0. The molecule has 4 nitrogen and oxygen atoms in total. The molecule has 66 valence electrons. The zero-order chi connectivity index (χ0) is 9.84. The molecule has 0 aromatic heterocycles. The summed E-state index contributed by atoms with van der Waals surface area (Å²) in [6.45, 7) is 0. The quantitative estimate of drug-likeness (QED) is 0.719. The van der Waals surface area contributed by atoms with E-state index in [1.54, 1.807) is 12.1 Å². The van der Waals surface area contributed by atoms with E-state index in [0.717, 1.165) is 0 Å². The van der Waals surface area contributed by atoms with Gasteiger partial charge in [0.1, 0.15) is 11.8 Å². The molecule has 0 atom stereocenters. The first-order valence-electron chi connectivity index (χ1n) is 3.57. The van der Waals surface area contributed by atoms with Crippen molar-refractivity contribution in [2.45, 2.75) is 0 Å². The highest BCUT2D eigenvalue weighted by Gasteiger charge is 2.13. The van der Waals surface area contributed by atoms with Crippen LogP contribution in [0.1, 0.15) is 15.9 Å². The lowest BCUT2D eigenvalue weighted by Gasteiger charge is -2.05. The third-order valence-electron chi connectivity index (χ3n) is 1.61. The molecule has 4 heteroatoms. The number of carbonyl (C=O) groups excluding carboxylic acids is 1. The molecular weight excluding hydrogens is 168 g/mol. The molecule has 0 heterocycles. The van der Waals surface area contributed by atoms with Gasteiger partial charge < -0.3 is 10.5 Å². The highest BCUT2D eigenvalue weighted by Crippen LogP contribution is 2.20. The Kier molecular flexibility index (Phi) is 2.50. The number of nitriles is 1. The second-order valence-corrected chi connectivity index (χ2v) is 2.36. The van der Waals surface area contributed by atoms with Crippen molar-refractivity contribution in [3.63, 3.8) is 0 Å². The van der Waals surface area contributed by atoms with Crippen LogP contribution in [-0.4, -0.2) is 13.0 Å². The Labute approximate surface area is 75.5 Å². The number of nitrogens with zero attached hydrogens (tertiary/aromatic N) is 1. The van der Waals surface area contributed by atoms with E-state index in [-0.39, 0.29) is 11.1 Å². The lowest BCUT2D eigenvalue weighted by Crippen LogP contribution is -2.14. The Hall–Kier alpha value is -2.02. The van der Waals surface area contributed by atoms with E-state index in [1.165, 1.54) is 13.2 Å². The standard InChI is InChI=1S/C9H8N2O2/c1-13-7-4-2-3-6(5-10)8(7)9(11)12/h2-4H,1H3,(H2,11,12). The van der Waals surface area contributed by atoms with E-state index in [9.17, 15) is 4.79 Å². The van der Waals surface area contributed by atoms with Crippen LogP contribution in [-0.2, 0) is 0 Å². The molecule has 0 bridgehead atoms. The summed E-state index contributed by atoms with van der Waals surface area (Å²) in [6, 6.07) is 6.60. The van der Waals surface area contributed by atoms with Gasteiger partial charge in [-0.2, -0.15) is 5.26 Å². The maximum absolute atomic E-state index is 11.0. The Morgan fingerprint density at radius 2 is 2.31 bits per heavy atom. The second-order valence-electron chi connectivity index (χ2n) is 2.36. The van der Waals surface area contributed by atoms with E-state index in [1.807, 2.05) is 6.07 Å². The molecular formula is C9H8N2O2. The van der Waals surface area contributed by atoms with Crippen LogP contribution in [0.4, 0.5) is 0 Å². The third-order valence-corrected chi connectivity index (χ3v) is 1.61. The van der Waals surface area contributed by atoms with E-state index in [4.69, 9.17) is 15.7 Å². The van der Waals surface area contributed by atoms with Crippen LogP contribution in [0.25, 0.3) is 0 Å². The van der Waals surface area contributed by atoms with Crippen molar-refractivity contribution in [2.75, 3.05) is 7.11 Å². The number of ether oxygens (including phenoxy) is 1. The molecule has 2 N–H and O–H groups in total. The smallest absolute Gasteiger partial charge is 0.253 e. The summed E-state index contributed by atoms with van der Waals surface area (Å²) in [5, 5.41) is 8.67. The molecule has 13 heavy (non-hydrogen) atoms. The average molecular weight is 176 g/mol. The molecule has 0 radical (unpaired) electrons. The van der Waals surface area contributed by atoms with Crippen molar-refractivity contribution in [1.82, 2.24) is 0 Å². The Morgan fingerprint density at radius 3 is 2.77 bits per heavy atom. The van der Waals surface area contributed by atoms with Crippen molar-refractivity contribution in [1.29, 1.82) is 5.26 Å². The molecule has 0 saturated heterocycles. The van der Waals surface area contributed by atoms with Gasteiger partial charge in [-0.25, -0.2) is 0 Å². The number of benzene rings is 1. The van der Waals surface area contributed by atoms with Gasteiger partial charge in [-0.05, 0) is 12.1 Å². The number of carbonyl (C=O) groups is 1. The fourth-order valence-electron chi connectivity index (χ4n) is 1.05. The van der Waals surface area contributed by atoms with Gasteiger partial charge in [0.05, 0.1) is 18.2 Å². The van der Waals surface area contributed by atoms with Crippen LogP contribution in [0, 0.1) is 11.3 Å². The van der Waals surface area contributed by atoms with Crippen molar-refractivity contribution in [3.05, 3.63) is 29.3 Å². The molecule has 0 saturated carbocycles. The van der Waals surface area contributed by atoms with E-state index in [0.29, 0.717) is 5.75 Å². The highest BCUT2D eigenvalue weighted by molar-refractivity contribution is 5.98. The van der Waals surface area contributed by atoms with Crippen molar-refractivity contribution < 1.29 is 9.53 Å². The van der Waals surface area contributed by atoms with Crippen molar-refractivity contribution in [2.24, 2.45) is 5.73 Å². The van der Waals surface area contributed by atoms with Crippen LogP contribution in [0.2, 0.25) is 0 Å². The zero-order valence-electron chi connectivity index (χ0n) is 7.07. The van der Waals surface area contributed by atoms with Gasteiger partial charge in [0.2, 0.25) is 0 Å². The minimum atomic E-state index is -0.658. The summed E-state index contributed by atoms with van der Waals surface area (Å²) in [5.74, 6) is -0.333. The topological polar surface area (TPSA) is 76.1 Å². The Balaban J connectivity index is 3.41. The normalized spacial score (nSPS) is 8.92. The predicted molar refractivity (Wildman–Crippen MR) is 46.2 cm³/mol. The molecule has 1 amide bonds. The van der Waals surface area contributed by atoms with Gasteiger partial charge in [-0.1, -0.05) is 6.07 Å². The summed E-state index contributed by atoms with van der Waals surface area (Å²) in [6.07, 6.45) is 0. The van der Waals surface area contributed by atoms with Gasteiger partial charge in [-0.15, -0.1) is 0 Å². The van der Waals surface area contributed by atoms with E-state index in [2.05, 4.69) is 0 Å². The number of nitrogens with two attached hydrogens (primary N) is 1. The van der Waals surface area contributed by atoms with Crippen LogP contribution < -0.4 is 10.5 Å². The number of hydrogen-bond donors (Lipinski definition) is 1. The van der Waals surface area contributed by atoms with Crippen molar-refractivity contribution in [3.8, 4) is 11.8 Å². The Morgan fingerprint density at radius 1 is 1.62 bits per heavy atom. The first-order chi connectivity index (χ1) is 6.20. The lowest BCUT2D eigenvalue weighted by atomic mass is 10.1. The summed E-state index contributed by atoms with van der Waals surface area (Å²) in [5.41, 5.74) is 5.46. The maximum atomic E-state index is 11.0. The molecule has 1 aromatic carbocycles. The molecule has 1 rings (SSSR count). The summed E-state index contributed by atoms with van der Waals surface area (Å²) < 4.78 is 4.90. The highest BCUT2D eigenvalue weighted by atomic mass is 16.5. The minimum absolute atomic E-state index is 0.132. The molecule has 0 aliphatic heterocycles. The number of hydrogen-bond acceptors (Lipinski definition) is 3. The average Bonchev–Trinajstić information content (AvgIpc) is 2.16. The minimum Gasteiger partial charge on any atom is -0.496 e. The van der Waals surface area contributed by atoms with E-state index < -0.39 is 5.91 Å². The predicted octanol–water partition coefficient (Wildman–Crippen LogP) is 0.666. The maximum Gasteiger partial charge on any atom is 0.253 e. The summed E-state index contributed by atoms with van der Waals surface area (Å²) in [4.78, 5) is 11.0. The number of amides is 1. The monoisotopic (exact) mass is 176 g/mol. The fourth-order valence-corrected chi connectivity index (χ4v) is 1.05. The fraction of sp³-hybridized carbons (Fsp3) is 0.111. The van der Waals surface area contributed by atoms with Gasteiger partial charge in [0.25, 0.3) is 5.91 Å². The van der Waals surface area contributed by atoms with Crippen LogP contribution >= 0.6 is 0 Å². The number of primary amides is 1. The first-order valence-corrected chi connectivity index (χ1v) is 3.57. The molecule has 0 aliphatic carbocycles.